The van der Waals surface area contributed by atoms with E-state index in [1.165, 1.54) is 12.0 Å². The Morgan fingerprint density at radius 3 is 2.50 bits per heavy atom. The van der Waals surface area contributed by atoms with Gasteiger partial charge in [0.25, 0.3) is 0 Å². The zero-order chi connectivity index (χ0) is 11.4. The molecule has 0 bridgehead atoms. The van der Waals surface area contributed by atoms with Crippen LogP contribution in [0, 0.1) is 11.3 Å². The van der Waals surface area contributed by atoms with Crippen molar-refractivity contribution in [2.75, 3.05) is 13.2 Å². The SMILES string of the molecule is NCC1(CO)CC(CCc2ccccc2)C1. The van der Waals surface area contributed by atoms with Crippen LogP contribution in [0.5, 0.6) is 0 Å². The van der Waals surface area contributed by atoms with Crippen LogP contribution in [0.4, 0.5) is 0 Å². The first-order valence-electron chi connectivity index (χ1n) is 6.13. The molecule has 3 N–H and O–H groups in total. The fourth-order valence-electron chi connectivity index (χ4n) is 2.74. The van der Waals surface area contributed by atoms with E-state index < -0.39 is 0 Å². The van der Waals surface area contributed by atoms with Crippen molar-refractivity contribution < 1.29 is 5.11 Å². The number of benzene rings is 1. The molecule has 0 aliphatic heterocycles. The standard InChI is InChI=1S/C14H21NO/c15-10-14(11-16)8-13(9-14)7-6-12-4-2-1-3-5-12/h1-5,13,16H,6-11,15H2. The summed E-state index contributed by atoms with van der Waals surface area (Å²) < 4.78 is 0. The van der Waals surface area contributed by atoms with Crippen LogP contribution in [0.1, 0.15) is 24.8 Å². The molecule has 16 heavy (non-hydrogen) atoms. The Morgan fingerprint density at radius 1 is 1.25 bits per heavy atom. The van der Waals surface area contributed by atoms with Gasteiger partial charge in [-0.25, -0.2) is 0 Å². The Kier molecular flexibility index (Phi) is 3.62. The molecule has 1 aromatic rings. The van der Waals surface area contributed by atoms with E-state index in [1.807, 2.05) is 0 Å². The molecule has 0 spiro atoms. The van der Waals surface area contributed by atoms with Gasteiger partial charge in [0.05, 0.1) is 0 Å². The molecule has 2 nitrogen and oxygen atoms in total. The van der Waals surface area contributed by atoms with E-state index in [-0.39, 0.29) is 12.0 Å². The van der Waals surface area contributed by atoms with E-state index in [4.69, 9.17) is 5.73 Å². The van der Waals surface area contributed by atoms with Crippen molar-refractivity contribution >= 4 is 0 Å². The van der Waals surface area contributed by atoms with Gasteiger partial charge in [0, 0.05) is 18.6 Å². The van der Waals surface area contributed by atoms with Gasteiger partial charge in [-0.3, -0.25) is 0 Å². The topological polar surface area (TPSA) is 46.2 Å². The maximum atomic E-state index is 9.26. The molecule has 2 rings (SSSR count). The predicted octanol–water partition coefficient (Wildman–Crippen LogP) is 1.97. The molecule has 0 saturated heterocycles. The van der Waals surface area contributed by atoms with Crippen molar-refractivity contribution in [2.24, 2.45) is 17.1 Å². The second-order valence-electron chi connectivity index (χ2n) is 5.16. The lowest BCUT2D eigenvalue weighted by Gasteiger charge is -2.46. The Balaban J connectivity index is 1.74. The van der Waals surface area contributed by atoms with Crippen LogP contribution in [0.2, 0.25) is 0 Å². The highest BCUT2D eigenvalue weighted by Crippen LogP contribution is 2.46. The van der Waals surface area contributed by atoms with Gasteiger partial charge < -0.3 is 10.8 Å². The minimum absolute atomic E-state index is 0.0569. The first-order chi connectivity index (χ1) is 7.78. The van der Waals surface area contributed by atoms with Gasteiger partial charge in [0.1, 0.15) is 0 Å². The van der Waals surface area contributed by atoms with Gasteiger partial charge in [0.2, 0.25) is 0 Å². The third-order valence-corrected chi connectivity index (χ3v) is 3.90. The maximum Gasteiger partial charge on any atom is 0.0499 e. The summed E-state index contributed by atoms with van der Waals surface area (Å²) in [7, 11) is 0. The minimum atomic E-state index is 0.0569. The lowest BCUT2D eigenvalue weighted by molar-refractivity contribution is -0.000492. The molecular formula is C14H21NO. The summed E-state index contributed by atoms with van der Waals surface area (Å²) in [5.41, 5.74) is 7.16. The Hall–Kier alpha value is -0.860. The van der Waals surface area contributed by atoms with Gasteiger partial charge in [0.15, 0.2) is 0 Å². The number of aliphatic hydroxyl groups excluding tert-OH is 1. The molecule has 1 aromatic carbocycles. The van der Waals surface area contributed by atoms with Crippen LogP contribution in [-0.4, -0.2) is 18.3 Å². The molecule has 1 saturated carbocycles. The van der Waals surface area contributed by atoms with Crippen molar-refractivity contribution in [1.29, 1.82) is 0 Å². The first-order valence-corrected chi connectivity index (χ1v) is 6.13. The molecule has 0 atom stereocenters. The lowest BCUT2D eigenvalue weighted by Crippen LogP contribution is -2.46. The van der Waals surface area contributed by atoms with Gasteiger partial charge in [-0.1, -0.05) is 30.3 Å². The molecule has 88 valence electrons. The zero-order valence-corrected chi connectivity index (χ0v) is 9.73. The van der Waals surface area contributed by atoms with Crippen molar-refractivity contribution in [3.05, 3.63) is 35.9 Å². The van der Waals surface area contributed by atoms with Crippen molar-refractivity contribution in [3.8, 4) is 0 Å². The quantitative estimate of drug-likeness (QED) is 0.795. The number of aryl methyl sites for hydroxylation is 1. The highest BCUT2D eigenvalue weighted by molar-refractivity contribution is 5.15. The summed E-state index contributed by atoms with van der Waals surface area (Å²) in [5, 5.41) is 9.26. The van der Waals surface area contributed by atoms with Crippen LogP contribution >= 0.6 is 0 Å². The Morgan fingerprint density at radius 2 is 1.94 bits per heavy atom. The summed E-state index contributed by atoms with van der Waals surface area (Å²) >= 11 is 0. The normalized spacial score (nSPS) is 28.8. The highest BCUT2D eigenvalue weighted by Gasteiger charge is 2.41. The molecule has 0 amide bonds. The van der Waals surface area contributed by atoms with E-state index in [0.717, 1.165) is 25.2 Å². The summed E-state index contributed by atoms with van der Waals surface area (Å²) in [6, 6.07) is 10.6. The van der Waals surface area contributed by atoms with Gasteiger partial charge in [-0.15, -0.1) is 0 Å². The van der Waals surface area contributed by atoms with Gasteiger partial charge in [-0.2, -0.15) is 0 Å². The van der Waals surface area contributed by atoms with Crippen LogP contribution in [0.3, 0.4) is 0 Å². The second kappa shape index (κ2) is 4.98. The maximum absolute atomic E-state index is 9.26. The van der Waals surface area contributed by atoms with E-state index in [2.05, 4.69) is 30.3 Å². The fraction of sp³-hybridized carbons (Fsp3) is 0.571. The largest absolute Gasteiger partial charge is 0.396 e. The number of hydrogen-bond donors (Lipinski definition) is 2. The van der Waals surface area contributed by atoms with Crippen LogP contribution in [0.15, 0.2) is 30.3 Å². The van der Waals surface area contributed by atoms with Crippen molar-refractivity contribution in [3.63, 3.8) is 0 Å². The van der Waals surface area contributed by atoms with E-state index in [1.54, 1.807) is 0 Å². The Labute approximate surface area is 97.5 Å². The molecule has 0 radical (unpaired) electrons. The summed E-state index contributed by atoms with van der Waals surface area (Å²) in [6.45, 7) is 0.886. The summed E-state index contributed by atoms with van der Waals surface area (Å²) in [5.74, 6) is 0.760. The minimum Gasteiger partial charge on any atom is -0.396 e. The first kappa shape index (κ1) is 11.6. The monoisotopic (exact) mass is 219 g/mol. The number of aliphatic hydroxyl groups is 1. The van der Waals surface area contributed by atoms with Crippen molar-refractivity contribution in [1.82, 2.24) is 0 Å². The van der Waals surface area contributed by atoms with E-state index in [9.17, 15) is 5.11 Å². The fourth-order valence-corrected chi connectivity index (χ4v) is 2.74. The number of nitrogens with two attached hydrogens (primary N) is 1. The third kappa shape index (κ3) is 2.45. The second-order valence-corrected chi connectivity index (χ2v) is 5.16. The molecule has 1 fully saturated rings. The number of rotatable bonds is 5. The molecule has 0 aromatic heterocycles. The van der Waals surface area contributed by atoms with Gasteiger partial charge >= 0.3 is 0 Å². The predicted molar refractivity (Wildman–Crippen MR) is 66.1 cm³/mol. The average molecular weight is 219 g/mol. The molecular weight excluding hydrogens is 198 g/mol. The third-order valence-electron chi connectivity index (χ3n) is 3.90. The molecule has 1 aliphatic carbocycles. The van der Waals surface area contributed by atoms with Crippen LogP contribution in [0.25, 0.3) is 0 Å². The molecule has 1 aliphatic rings. The smallest absolute Gasteiger partial charge is 0.0499 e. The van der Waals surface area contributed by atoms with Crippen LogP contribution in [-0.2, 0) is 6.42 Å². The molecule has 0 heterocycles. The van der Waals surface area contributed by atoms with E-state index in [0.29, 0.717) is 6.54 Å². The van der Waals surface area contributed by atoms with Gasteiger partial charge in [-0.05, 0) is 37.2 Å². The van der Waals surface area contributed by atoms with Crippen molar-refractivity contribution in [2.45, 2.75) is 25.7 Å². The Bertz CT molecular complexity index is 311. The zero-order valence-electron chi connectivity index (χ0n) is 9.73. The average Bonchev–Trinajstić information content (AvgIpc) is 2.30. The lowest BCUT2D eigenvalue weighted by atomic mass is 9.61. The molecule has 2 heteroatoms. The van der Waals surface area contributed by atoms with E-state index >= 15 is 0 Å². The van der Waals surface area contributed by atoms with Crippen LogP contribution < -0.4 is 5.73 Å². The molecule has 0 unspecified atom stereocenters. The summed E-state index contributed by atoms with van der Waals surface area (Å²) in [6.07, 6.45) is 4.59. The number of hydrogen-bond acceptors (Lipinski definition) is 2. The highest BCUT2D eigenvalue weighted by atomic mass is 16.3. The summed E-state index contributed by atoms with van der Waals surface area (Å²) in [4.78, 5) is 0.